The largest absolute Gasteiger partial charge is 0.481 e. The fraction of sp³-hybridized carbons (Fsp3) is 0.533. The summed E-state index contributed by atoms with van der Waals surface area (Å²) >= 11 is 5.39. The van der Waals surface area contributed by atoms with Crippen LogP contribution in [0.15, 0.2) is 27.6 Å². The van der Waals surface area contributed by atoms with Crippen LogP contribution in [-0.2, 0) is 14.9 Å². The molecule has 0 unspecified atom stereocenters. The highest BCUT2D eigenvalue weighted by Gasteiger charge is 2.43. The number of hydrogen-bond donors (Lipinski definition) is 1. The summed E-state index contributed by atoms with van der Waals surface area (Å²) in [4.78, 5) is 12.9. The minimum Gasteiger partial charge on any atom is -0.481 e. The third-order valence-corrected chi connectivity index (χ3v) is 6.39. The van der Waals surface area contributed by atoms with Gasteiger partial charge in [0, 0.05) is 9.37 Å². The number of ether oxygens (including phenoxy) is 1. The van der Waals surface area contributed by atoms with E-state index in [-0.39, 0.29) is 0 Å². The van der Waals surface area contributed by atoms with Gasteiger partial charge < -0.3 is 9.84 Å². The lowest BCUT2D eigenvalue weighted by atomic mass is 9.79. The number of carboxylic acids is 1. The average molecular weight is 357 g/mol. The predicted molar refractivity (Wildman–Crippen MR) is 82.4 cm³/mol. The molecule has 0 spiro atoms. The van der Waals surface area contributed by atoms with Crippen molar-refractivity contribution in [3.8, 4) is 0 Å². The first kappa shape index (κ1) is 14.4. The molecule has 2 fully saturated rings. The molecule has 1 N–H and O–H groups in total. The third-order valence-electron chi connectivity index (χ3n) is 4.25. The van der Waals surface area contributed by atoms with Crippen LogP contribution >= 0.6 is 27.7 Å². The van der Waals surface area contributed by atoms with Gasteiger partial charge in [0.15, 0.2) is 0 Å². The van der Waals surface area contributed by atoms with Crippen molar-refractivity contribution in [1.82, 2.24) is 0 Å². The second-order valence-electron chi connectivity index (χ2n) is 5.52. The van der Waals surface area contributed by atoms with Crippen LogP contribution in [0.25, 0.3) is 0 Å². The minimum absolute atomic E-state index is 0.525. The molecule has 1 heterocycles. The molecule has 1 aliphatic heterocycles. The van der Waals surface area contributed by atoms with Gasteiger partial charge in [0.1, 0.15) is 0 Å². The molecule has 1 saturated carbocycles. The average Bonchev–Trinajstić information content (AvgIpc) is 2.85. The van der Waals surface area contributed by atoms with Gasteiger partial charge in [-0.3, -0.25) is 4.79 Å². The lowest BCUT2D eigenvalue weighted by Crippen LogP contribution is -2.32. The number of halogens is 1. The molecular formula is C15H17BrO3S. The first-order valence-corrected chi connectivity index (χ1v) is 8.57. The number of aliphatic carboxylic acids is 1. The zero-order chi connectivity index (χ0) is 14.2. The molecule has 1 saturated heterocycles. The monoisotopic (exact) mass is 356 g/mol. The molecule has 20 heavy (non-hydrogen) atoms. The van der Waals surface area contributed by atoms with Crippen LogP contribution in [-0.4, -0.2) is 29.5 Å². The molecule has 1 aliphatic carbocycles. The Morgan fingerprint density at radius 3 is 2.55 bits per heavy atom. The van der Waals surface area contributed by atoms with Gasteiger partial charge >= 0.3 is 5.97 Å². The van der Waals surface area contributed by atoms with Gasteiger partial charge in [-0.1, -0.05) is 18.9 Å². The molecule has 0 bridgehead atoms. The Bertz CT molecular complexity index is 522. The van der Waals surface area contributed by atoms with Gasteiger partial charge in [0.25, 0.3) is 0 Å². The molecule has 108 valence electrons. The molecule has 5 heteroatoms. The Morgan fingerprint density at radius 1 is 1.35 bits per heavy atom. The topological polar surface area (TPSA) is 46.5 Å². The van der Waals surface area contributed by atoms with Crippen LogP contribution in [0.3, 0.4) is 0 Å². The van der Waals surface area contributed by atoms with Crippen molar-refractivity contribution < 1.29 is 14.6 Å². The van der Waals surface area contributed by atoms with E-state index in [2.05, 4.69) is 15.9 Å². The molecule has 0 atom stereocenters. The van der Waals surface area contributed by atoms with Crippen LogP contribution in [0.5, 0.6) is 0 Å². The highest BCUT2D eigenvalue weighted by molar-refractivity contribution is 9.10. The van der Waals surface area contributed by atoms with E-state index in [9.17, 15) is 9.90 Å². The molecule has 1 aromatic carbocycles. The normalized spacial score (nSPS) is 21.6. The van der Waals surface area contributed by atoms with Crippen LogP contribution in [0.2, 0.25) is 0 Å². The van der Waals surface area contributed by atoms with Crippen molar-refractivity contribution in [1.29, 1.82) is 0 Å². The Labute approximate surface area is 131 Å². The van der Waals surface area contributed by atoms with E-state index in [1.807, 2.05) is 18.2 Å². The summed E-state index contributed by atoms with van der Waals surface area (Å²) in [5.74, 6) is -0.685. The summed E-state index contributed by atoms with van der Waals surface area (Å²) in [5.41, 5.74) is 0.259. The standard InChI is InChI=1S/C15H17BrO3S/c16-12-7-10(15(14(17)18)5-1-2-6-15)3-4-13(12)20-11-8-19-9-11/h3-4,7,11H,1-2,5-6,8-9H2,(H,17,18). The van der Waals surface area contributed by atoms with E-state index in [0.717, 1.165) is 48.9 Å². The first-order valence-electron chi connectivity index (χ1n) is 6.90. The van der Waals surface area contributed by atoms with E-state index in [4.69, 9.17) is 4.74 Å². The smallest absolute Gasteiger partial charge is 0.314 e. The zero-order valence-electron chi connectivity index (χ0n) is 11.1. The van der Waals surface area contributed by atoms with Gasteiger partial charge in [0.2, 0.25) is 0 Å². The predicted octanol–water partition coefficient (Wildman–Crippen LogP) is 3.84. The Kier molecular flexibility index (Phi) is 4.11. The SMILES string of the molecule is O=C(O)C1(c2ccc(SC3COC3)c(Br)c2)CCCC1. The number of carbonyl (C=O) groups is 1. The van der Waals surface area contributed by atoms with Crippen molar-refractivity contribution in [2.75, 3.05) is 13.2 Å². The lowest BCUT2D eigenvalue weighted by molar-refractivity contribution is -0.143. The van der Waals surface area contributed by atoms with Crippen molar-refractivity contribution in [3.63, 3.8) is 0 Å². The quantitative estimate of drug-likeness (QED) is 0.890. The maximum absolute atomic E-state index is 11.7. The fourth-order valence-electron chi connectivity index (χ4n) is 2.96. The molecule has 0 aromatic heterocycles. The maximum Gasteiger partial charge on any atom is 0.314 e. The van der Waals surface area contributed by atoms with Gasteiger partial charge in [-0.2, -0.15) is 0 Å². The van der Waals surface area contributed by atoms with Gasteiger partial charge in [-0.25, -0.2) is 0 Å². The van der Waals surface area contributed by atoms with E-state index in [1.54, 1.807) is 11.8 Å². The second-order valence-corrected chi connectivity index (χ2v) is 7.71. The Hall–Kier alpha value is -0.520. The highest BCUT2D eigenvalue weighted by atomic mass is 79.9. The van der Waals surface area contributed by atoms with Crippen molar-refractivity contribution in [2.24, 2.45) is 0 Å². The van der Waals surface area contributed by atoms with Crippen molar-refractivity contribution >= 4 is 33.7 Å². The lowest BCUT2D eigenvalue weighted by Gasteiger charge is -2.27. The zero-order valence-corrected chi connectivity index (χ0v) is 13.5. The molecule has 0 radical (unpaired) electrons. The molecule has 3 nitrogen and oxygen atoms in total. The molecular weight excluding hydrogens is 340 g/mol. The van der Waals surface area contributed by atoms with Crippen LogP contribution in [0.4, 0.5) is 0 Å². The number of thioether (sulfide) groups is 1. The summed E-state index contributed by atoms with van der Waals surface area (Å²) in [7, 11) is 0. The van der Waals surface area contributed by atoms with Crippen LogP contribution in [0, 0.1) is 0 Å². The number of hydrogen-bond acceptors (Lipinski definition) is 3. The summed E-state index contributed by atoms with van der Waals surface area (Å²) in [6, 6.07) is 6.04. The number of carboxylic acid groups (broad SMARTS) is 1. The van der Waals surface area contributed by atoms with Gasteiger partial charge in [0.05, 0.1) is 23.9 Å². The Morgan fingerprint density at radius 2 is 2.05 bits per heavy atom. The van der Waals surface area contributed by atoms with E-state index in [0.29, 0.717) is 5.25 Å². The maximum atomic E-state index is 11.7. The summed E-state index contributed by atoms with van der Waals surface area (Å²) in [6.07, 6.45) is 3.50. The van der Waals surface area contributed by atoms with Gasteiger partial charge in [-0.15, -0.1) is 11.8 Å². The van der Waals surface area contributed by atoms with Crippen molar-refractivity contribution in [2.45, 2.75) is 41.2 Å². The molecule has 2 aliphatic rings. The second kappa shape index (κ2) is 5.70. The number of rotatable bonds is 4. The Balaban J connectivity index is 1.86. The van der Waals surface area contributed by atoms with Crippen LogP contribution < -0.4 is 0 Å². The number of benzene rings is 1. The molecule has 3 rings (SSSR count). The third kappa shape index (κ3) is 2.51. The van der Waals surface area contributed by atoms with E-state index in [1.165, 1.54) is 4.90 Å². The van der Waals surface area contributed by atoms with Crippen molar-refractivity contribution in [3.05, 3.63) is 28.2 Å². The molecule has 1 aromatic rings. The summed E-state index contributed by atoms with van der Waals surface area (Å²) in [6.45, 7) is 1.61. The van der Waals surface area contributed by atoms with E-state index >= 15 is 0 Å². The highest BCUT2D eigenvalue weighted by Crippen LogP contribution is 2.44. The summed E-state index contributed by atoms with van der Waals surface area (Å²) < 4.78 is 6.19. The van der Waals surface area contributed by atoms with E-state index < -0.39 is 11.4 Å². The molecule has 0 amide bonds. The minimum atomic E-state index is -0.685. The van der Waals surface area contributed by atoms with Gasteiger partial charge in [-0.05, 0) is 46.5 Å². The fourth-order valence-corrected chi connectivity index (χ4v) is 4.63. The van der Waals surface area contributed by atoms with Crippen LogP contribution in [0.1, 0.15) is 31.2 Å². The summed E-state index contributed by atoms with van der Waals surface area (Å²) in [5, 5.41) is 10.2. The first-order chi connectivity index (χ1) is 9.62.